The average molecular weight is 382 g/mol. The number of nitrogens with zero attached hydrogens (tertiary/aromatic N) is 2. The summed E-state index contributed by atoms with van der Waals surface area (Å²) in [5.74, 6) is 1.04. The van der Waals surface area contributed by atoms with Gasteiger partial charge in [0, 0.05) is 24.2 Å². The van der Waals surface area contributed by atoms with Crippen LogP contribution in [0.4, 0.5) is 0 Å². The molecule has 0 aliphatic carbocycles. The number of hydrogen-bond acceptors (Lipinski definition) is 1. The highest BCUT2D eigenvalue weighted by molar-refractivity contribution is 6.10. The Kier molecular flexibility index (Phi) is 6.75. The maximum Gasteiger partial charge on any atom is 0.154 e. The molecule has 0 aliphatic rings. The normalized spacial score (nSPS) is 12.3. The molecule has 0 amide bonds. The van der Waals surface area contributed by atoms with E-state index in [2.05, 4.69) is 48.7 Å². The standard InChI is InChI=1S/C26H27N3/c1-4-12-20(2)29(3)26(28-25(27)22-15-9-6-10-16-22)24-18-11-17-23(19-24)21-13-7-5-8-14-21/h4-11,13-20,27H,1,12H2,2-3H3/b27-25?,28-26-. The molecule has 3 aromatic rings. The zero-order valence-corrected chi connectivity index (χ0v) is 17.0. The van der Waals surface area contributed by atoms with Crippen molar-refractivity contribution in [3.8, 4) is 11.1 Å². The van der Waals surface area contributed by atoms with E-state index in [0.29, 0.717) is 0 Å². The quantitative estimate of drug-likeness (QED) is 0.316. The Morgan fingerprint density at radius 3 is 2.17 bits per heavy atom. The lowest BCUT2D eigenvalue weighted by atomic mass is 10.0. The van der Waals surface area contributed by atoms with Gasteiger partial charge in [-0.15, -0.1) is 6.58 Å². The number of amidine groups is 2. The van der Waals surface area contributed by atoms with Crippen LogP contribution in [0.5, 0.6) is 0 Å². The first-order chi connectivity index (χ1) is 14.1. The van der Waals surface area contributed by atoms with Gasteiger partial charge in [-0.25, -0.2) is 4.99 Å². The summed E-state index contributed by atoms with van der Waals surface area (Å²) >= 11 is 0. The Balaban J connectivity index is 2.04. The Morgan fingerprint density at radius 2 is 1.52 bits per heavy atom. The molecular formula is C26H27N3. The van der Waals surface area contributed by atoms with E-state index in [1.807, 2.05) is 67.7 Å². The number of hydrogen-bond donors (Lipinski definition) is 1. The first-order valence-electron chi connectivity index (χ1n) is 9.82. The monoisotopic (exact) mass is 381 g/mol. The molecule has 29 heavy (non-hydrogen) atoms. The number of benzene rings is 3. The lowest BCUT2D eigenvalue weighted by Crippen LogP contribution is -2.36. The molecular weight excluding hydrogens is 354 g/mol. The van der Waals surface area contributed by atoms with Crippen molar-refractivity contribution in [3.05, 3.63) is 109 Å². The van der Waals surface area contributed by atoms with Gasteiger partial charge in [-0.05, 0) is 30.5 Å². The van der Waals surface area contributed by atoms with Crippen LogP contribution in [0.15, 0.2) is 103 Å². The first-order valence-corrected chi connectivity index (χ1v) is 9.82. The lowest BCUT2D eigenvalue weighted by Gasteiger charge is -2.28. The number of nitrogens with one attached hydrogen (secondary N) is 1. The van der Waals surface area contributed by atoms with Crippen LogP contribution in [0, 0.1) is 5.41 Å². The molecule has 1 unspecified atom stereocenters. The van der Waals surface area contributed by atoms with Crippen LogP contribution in [-0.4, -0.2) is 29.7 Å². The summed E-state index contributed by atoms with van der Waals surface area (Å²) in [6.07, 6.45) is 2.76. The number of aliphatic imine (C=N–C) groups is 1. The summed E-state index contributed by atoms with van der Waals surface area (Å²) < 4.78 is 0. The van der Waals surface area contributed by atoms with Crippen molar-refractivity contribution >= 4 is 11.7 Å². The van der Waals surface area contributed by atoms with Crippen molar-refractivity contribution in [1.82, 2.24) is 4.90 Å². The van der Waals surface area contributed by atoms with Crippen molar-refractivity contribution in [2.24, 2.45) is 4.99 Å². The second-order valence-corrected chi connectivity index (χ2v) is 7.08. The first kappa shape index (κ1) is 20.3. The maximum atomic E-state index is 8.53. The SMILES string of the molecule is C=CCC(C)N(C)/C(=N\C(=N)c1ccccc1)c1cccc(-c2ccccc2)c1. The molecule has 3 heteroatoms. The van der Waals surface area contributed by atoms with Gasteiger partial charge in [0.05, 0.1) is 0 Å². The van der Waals surface area contributed by atoms with Crippen molar-refractivity contribution in [2.75, 3.05) is 7.05 Å². The van der Waals surface area contributed by atoms with Gasteiger partial charge in [0.2, 0.25) is 0 Å². The van der Waals surface area contributed by atoms with Crippen LogP contribution < -0.4 is 0 Å². The molecule has 0 aliphatic heterocycles. The summed E-state index contributed by atoms with van der Waals surface area (Å²) in [7, 11) is 2.03. The van der Waals surface area contributed by atoms with Gasteiger partial charge in [-0.2, -0.15) is 0 Å². The van der Waals surface area contributed by atoms with Gasteiger partial charge in [0.1, 0.15) is 5.84 Å². The summed E-state index contributed by atoms with van der Waals surface area (Å²) in [5, 5.41) is 8.53. The zero-order chi connectivity index (χ0) is 20.6. The third-order valence-corrected chi connectivity index (χ3v) is 5.00. The maximum absolute atomic E-state index is 8.53. The summed E-state index contributed by atoms with van der Waals surface area (Å²) in [6.45, 7) is 6.01. The van der Waals surface area contributed by atoms with Gasteiger partial charge in [0.15, 0.2) is 5.84 Å². The Bertz CT molecular complexity index is 991. The van der Waals surface area contributed by atoms with E-state index < -0.39 is 0 Å². The summed E-state index contributed by atoms with van der Waals surface area (Å²) in [4.78, 5) is 6.87. The molecule has 146 valence electrons. The van der Waals surface area contributed by atoms with E-state index in [1.54, 1.807) is 0 Å². The van der Waals surface area contributed by atoms with Crippen LogP contribution in [0.3, 0.4) is 0 Å². The van der Waals surface area contributed by atoms with Gasteiger partial charge < -0.3 is 4.90 Å². The fourth-order valence-electron chi connectivity index (χ4n) is 3.19. The summed E-state index contributed by atoms with van der Waals surface area (Å²) in [6, 6.07) is 28.5. The van der Waals surface area contributed by atoms with E-state index in [-0.39, 0.29) is 11.9 Å². The molecule has 0 radical (unpaired) electrons. The molecule has 3 nitrogen and oxygen atoms in total. The highest BCUT2D eigenvalue weighted by Crippen LogP contribution is 2.22. The molecule has 0 spiro atoms. The molecule has 3 rings (SSSR count). The number of rotatable bonds is 6. The van der Waals surface area contributed by atoms with E-state index in [0.717, 1.165) is 34.5 Å². The molecule has 0 saturated heterocycles. The lowest BCUT2D eigenvalue weighted by molar-refractivity contribution is 0.394. The molecule has 1 N–H and O–H groups in total. The highest BCUT2D eigenvalue weighted by Gasteiger charge is 2.17. The molecule has 0 bridgehead atoms. The topological polar surface area (TPSA) is 39.5 Å². The van der Waals surface area contributed by atoms with Crippen LogP contribution in [-0.2, 0) is 0 Å². The molecule has 0 aromatic heterocycles. The second kappa shape index (κ2) is 9.65. The predicted molar refractivity (Wildman–Crippen MR) is 124 cm³/mol. The molecule has 3 aromatic carbocycles. The van der Waals surface area contributed by atoms with Crippen molar-refractivity contribution < 1.29 is 0 Å². The summed E-state index contributed by atoms with van der Waals surface area (Å²) in [5.41, 5.74) is 4.08. The molecule has 0 heterocycles. The van der Waals surface area contributed by atoms with Gasteiger partial charge in [-0.3, -0.25) is 5.41 Å². The third-order valence-electron chi connectivity index (χ3n) is 5.00. The third kappa shape index (κ3) is 5.08. The average Bonchev–Trinajstić information content (AvgIpc) is 2.78. The van der Waals surface area contributed by atoms with Crippen molar-refractivity contribution in [1.29, 1.82) is 5.41 Å². The largest absolute Gasteiger partial charge is 0.356 e. The predicted octanol–water partition coefficient (Wildman–Crippen LogP) is 6.02. The minimum Gasteiger partial charge on any atom is -0.356 e. The fourth-order valence-corrected chi connectivity index (χ4v) is 3.19. The fraction of sp³-hybridized carbons (Fsp3) is 0.154. The minimum absolute atomic E-state index is 0.218. The molecule has 0 saturated carbocycles. The van der Waals surface area contributed by atoms with Gasteiger partial charge >= 0.3 is 0 Å². The Morgan fingerprint density at radius 1 is 0.931 bits per heavy atom. The van der Waals surface area contributed by atoms with Gasteiger partial charge in [-0.1, -0.05) is 84.9 Å². The van der Waals surface area contributed by atoms with Crippen LogP contribution >= 0.6 is 0 Å². The van der Waals surface area contributed by atoms with Crippen LogP contribution in [0.25, 0.3) is 11.1 Å². The Labute approximate surface area is 173 Å². The Hall–Kier alpha value is -3.46. The van der Waals surface area contributed by atoms with Crippen LogP contribution in [0.1, 0.15) is 24.5 Å². The van der Waals surface area contributed by atoms with E-state index in [1.165, 1.54) is 0 Å². The zero-order valence-electron chi connectivity index (χ0n) is 17.0. The van der Waals surface area contributed by atoms with Crippen molar-refractivity contribution in [3.63, 3.8) is 0 Å². The van der Waals surface area contributed by atoms with Gasteiger partial charge in [0.25, 0.3) is 0 Å². The second-order valence-electron chi connectivity index (χ2n) is 7.08. The van der Waals surface area contributed by atoms with Crippen molar-refractivity contribution in [2.45, 2.75) is 19.4 Å². The smallest absolute Gasteiger partial charge is 0.154 e. The van der Waals surface area contributed by atoms with Crippen LogP contribution in [0.2, 0.25) is 0 Å². The highest BCUT2D eigenvalue weighted by atomic mass is 15.2. The van der Waals surface area contributed by atoms with E-state index >= 15 is 0 Å². The minimum atomic E-state index is 0.218. The molecule has 0 fully saturated rings. The molecule has 1 atom stereocenters. The van der Waals surface area contributed by atoms with E-state index in [4.69, 9.17) is 10.4 Å². The van der Waals surface area contributed by atoms with E-state index in [9.17, 15) is 0 Å².